The molecule has 4 rings (SSSR count). The Morgan fingerprint density at radius 1 is 1.00 bits per heavy atom. The molecule has 0 spiro atoms. The van der Waals surface area contributed by atoms with Crippen molar-refractivity contribution in [2.45, 2.75) is 11.8 Å². The van der Waals surface area contributed by atoms with Gasteiger partial charge in [0.2, 0.25) is 0 Å². The maximum atomic E-state index is 13.0. The molecule has 2 aromatic carbocycles. The van der Waals surface area contributed by atoms with E-state index in [1.165, 1.54) is 19.5 Å². The monoisotopic (exact) mass is 406 g/mol. The third-order valence-corrected chi connectivity index (χ3v) is 5.95. The summed E-state index contributed by atoms with van der Waals surface area (Å²) in [5, 5.41) is 0.753. The predicted octanol–water partition coefficient (Wildman–Crippen LogP) is 3.81. The van der Waals surface area contributed by atoms with E-state index in [2.05, 4.69) is 19.7 Å². The van der Waals surface area contributed by atoms with Gasteiger partial charge in [0.25, 0.3) is 10.0 Å². The van der Waals surface area contributed by atoms with Gasteiger partial charge in [0.1, 0.15) is 17.0 Å². The Labute approximate surface area is 168 Å². The zero-order valence-electron chi connectivity index (χ0n) is 15.8. The summed E-state index contributed by atoms with van der Waals surface area (Å²) in [7, 11) is -2.31. The number of rotatable bonds is 5. The number of anilines is 1. The van der Waals surface area contributed by atoms with Crippen LogP contribution < -0.4 is 9.46 Å². The number of ether oxygens (including phenoxy) is 1. The van der Waals surface area contributed by atoms with E-state index in [9.17, 15) is 8.42 Å². The highest BCUT2D eigenvalue weighted by atomic mass is 32.2. The topological polar surface area (TPSA) is 94.1 Å². The fourth-order valence-electron chi connectivity index (χ4n) is 3.14. The first-order chi connectivity index (χ1) is 14.0. The van der Waals surface area contributed by atoms with Crippen molar-refractivity contribution in [2.24, 2.45) is 0 Å². The maximum absolute atomic E-state index is 13.0. The molecule has 0 unspecified atom stereocenters. The number of aromatic nitrogens is 3. The molecule has 0 aliphatic rings. The van der Waals surface area contributed by atoms with Crippen LogP contribution in [0, 0.1) is 6.92 Å². The third-order valence-electron chi connectivity index (χ3n) is 4.54. The van der Waals surface area contributed by atoms with E-state index in [1.54, 1.807) is 42.7 Å². The van der Waals surface area contributed by atoms with Gasteiger partial charge in [0.15, 0.2) is 0 Å². The molecule has 0 amide bonds. The molecule has 0 saturated heterocycles. The molecule has 0 radical (unpaired) electrons. The molecule has 2 heterocycles. The van der Waals surface area contributed by atoms with Crippen LogP contribution in [0.2, 0.25) is 0 Å². The van der Waals surface area contributed by atoms with Crippen LogP contribution >= 0.6 is 0 Å². The zero-order chi connectivity index (χ0) is 20.4. The Hall–Kier alpha value is -3.52. The van der Waals surface area contributed by atoms with Gasteiger partial charge in [-0.1, -0.05) is 18.2 Å². The molecule has 8 heteroatoms. The summed E-state index contributed by atoms with van der Waals surface area (Å²) in [5.74, 6) is 0.513. The quantitative estimate of drug-likeness (QED) is 0.542. The van der Waals surface area contributed by atoms with Crippen LogP contribution in [0.4, 0.5) is 5.69 Å². The van der Waals surface area contributed by atoms with E-state index >= 15 is 0 Å². The first-order valence-electron chi connectivity index (χ1n) is 8.81. The standard InChI is InChI=1S/C21H18N4O3S/c1-14-18(12-22-13-24-14)17-9-8-16(11-19(17)28-2)25-29(26,27)20-7-3-5-15-6-4-10-23-21(15)20/h3-13,25H,1-2H3. The predicted molar refractivity (Wildman–Crippen MR) is 111 cm³/mol. The van der Waals surface area contributed by atoms with Gasteiger partial charge in [-0.25, -0.2) is 18.4 Å². The fraction of sp³-hybridized carbons (Fsp3) is 0.0952. The maximum Gasteiger partial charge on any atom is 0.264 e. The SMILES string of the molecule is COc1cc(NS(=O)(=O)c2cccc3cccnc23)ccc1-c1cncnc1C. The normalized spacial score (nSPS) is 11.4. The summed E-state index contributed by atoms with van der Waals surface area (Å²) in [6.07, 6.45) is 4.75. The molecule has 0 atom stereocenters. The van der Waals surface area contributed by atoms with Crippen LogP contribution in [0.1, 0.15) is 5.69 Å². The van der Waals surface area contributed by atoms with Crippen molar-refractivity contribution >= 4 is 26.6 Å². The van der Waals surface area contributed by atoms with Gasteiger partial charge in [-0.05, 0) is 31.2 Å². The molecular weight excluding hydrogens is 388 g/mol. The molecule has 4 aromatic rings. The molecule has 1 N–H and O–H groups in total. The zero-order valence-corrected chi connectivity index (χ0v) is 16.6. The molecule has 29 heavy (non-hydrogen) atoms. The summed E-state index contributed by atoms with van der Waals surface area (Å²) in [6.45, 7) is 1.88. The van der Waals surface area contributed by atoms with E-state index < -0.39 is 10.0 Å². The first kappa shape index (κ1) is 18.8. The Kier molecular flexibility index (Phi) is 4.85. The van der Waals surface area contributed by atoms with Gasteiger partial charge in [0, 0.05) is 40.7 Å². The van der Waals surface area contributed by atoms with E-state index in [-0.39, 0.29) is 4.90 Å². The van der Waals surface area contributed by atoms with Crippen molar-refractivity contribution in [3.05, 3.63) is 72.9 Å². The number of benzene rings is 2. The highest BCUT2D eigenvalue weighted by Crippen LogP contribution is 2.34. The van der Waals surface area contributed by atoms with Crippen molar-refractivity contribution in [3.63, 3.8) is 0 Å². The molecule has 7 nitrogen and oxygen atoms in total. The molecular formula is C21H18N4O3S. The minimum atomic E-state index is -3.84. The third kappa shape index (κ3) is 3.62. The van der Waals surface area contributed by atoms with Crippen molar-refractivity contribution in [2.75, 3.05) is 11.8 Å². The van der Waals surface area contributed by atoms with Crippen LogP contribution in [0.15, 0.2) is 72.1 Å². The van der Waals surface area contributed by atoms with Gasteiger partial charge in [0.05, 0.1) is 18.3 Å². The van der Waals surface area contributed by atoms with E-state index in [0.717, 1.165) is 22.2 Å². The van der Waals surface area contributed by atoms with Crippen molar-refractivity contribution in [1.82, 2.24) is 15.0 Å². The van der Waals surface area contributed by atoms with Gasteiger partial charge < -0.3 is 4.74 Å². The number of methoxy groups -OCH3 is 1. The molecule has 0 bridgehead atoms. The molecule has 0 aliphatic carbocycles. The lowest BCUT2D eigenvalue weighted by atomic mass is 10.0. The Balaban J connectivity index is 1.73. The molecule has 0 fully saturated rings. The molecule has 146 valence electrons. The van der Waals surface area contributed by atoms with Gasteiger partial charge in [-0.15, -0.1) is 0 Å². The number of pyridine rings is 1. The first-order valence-corrected chi connectivity index (χ1v) is 10.3. The van der Waals surface area contributed by atoms with Crippen LogP contribution in [0.5, 0.6) is 5.75 Å². The molecule has 2 aromatic heterocycles. The van der Waals surface area contributed by atoms with Crippen LogP contribution in [-0.4, -0.2) is 30.5 Å². The van der Waals surface area contributed by atoms with Gasteiger partial charge in [-0.3, -0.25) is 9.71 Å². The number of aryl methyl sites for hydroxylation is 1. The summed E-state index contributed by atoms with van der Waals surface area (Å²) in [6, 6.07) is 13.7. The van der Waals surface area contributed by atoms with E-state index in [1.807, 2.05) is 19.1 Å². The number of nitrogens with zero attached hydrogens (tertiary/aromatic N) is 3. The van der Waals surface area contributed by atoms with Crippen LogP contribution in [0.3, 0.4) is 0 Å². The van der Waals surface area contributed by atoms with Gasteiger partial charge >= 0.3 is 0 Å². The summed E-state index contributed by atoms with van der Waals surface area (Å²) < 4.78 is 34.1. The largest absolute Gasteiger partial charge is 0.496 e. The number of nitrogens with one attached hydrogen (secondary N) is 1. The molecule has 0 saturated carbocycles. The minimum Gasteiger partial charge on any atom is -0.496 e. The summed E-state index contributed by atoms with van der Waals surface area (Å²) in [4.78, 5) is 12.6. The summed E-state index contributed by atoms with van der Waals surface area (Å²) in [5.41, 5.74) is 3.20. The highest BCUT2D eigenvalue weighted by molar-refractivity contribution is 7.93. The number of para-hydroxylation sites is 1. The lowest BCUT2D eigenvalue weighted by Gasteiger charge is -2.14. The molecule has 0 aliphatic heterocycles. The summed E-state index contributed by atoms with van der Waals surface area (Å²) >= 11 is 0. The second-order valence-electron chi connectivity index (χ2n) is 6.37. The lowest BCUT2D eigenvalue weighted by molar-refractivity contribution is 0.416. The second-order valence-corrected chi connectivity index (χ2v) is 8.02. The number of fused-ring (bicyclic) bond motifs is 1. The van der Waals surface area contributed by atoms with Crippen LogP contribution in [0.25, 0.3) is 22.0 Å². The van der Waals surface area contributed by atoms with Crippen LogP contribution in [-0.2, 0) is 10.0 Å². The number of hydrogen-bond acceptors (Lipinski definition) is 6. The fourth-order valence-corrected chi connectivity index (χ4v) is 4.37. The minimum absolute atomic E-state index is 0.117. The lowest BCUT2D eigenvalue weighted by Crippen LogP contribution is -2.14. The van der Waals surface area contributed by atoms with Crippen molar-refractivity contribution in [3.8, 4) is 16.9 Å². The smallest absolute Gasteiger partial charge is 0.264 e. The average molecular weight is 406 g/mol. The van der Waals surface area contributed by atoms with E-state index in [0.29, 0.717) is 17.0 Å². The van der Waals surface area contributed by atoms with Gasteiger partial charge in [-0.2, -0.15) is 0 Å². The Bertz CT molecular complexity index is 1300. The Morgan fingerprint density at radius 3 is 2.62 bits per heavy atom. The average Bonchev–Trinajstić information content (AvgIpc) is 2.73. The number of hydrogen-bond donors (Lipinski definition) is 1. The van der Waals surface area contributed by atoms with E-state index in [4.69, 9.17) is 4.74 Å². The van der Waals surface area contributed by atoms with Crippen molar-refractivity contribution < 1.29 is 13.2 Å². The van der Waals surface area contributed by atoms with Crippen molar-refractivity contribution in [1.29, 1.82) is 0 Å². The number of sulfonamides is 1. The second kappa shape index (κ2) is 7.48. The Morgan fingerprint density at radius 2 is 1.83 bits per heavy atom. The highest BCUT2D eigenvalue weighted by Gasteiger charge is 2.19.